The van der Waals surface area contributed by atoms with Gasteiger partial charge in [-0.1, -0.05) is 18.6 Å². The summed E-state index contributed by atoms with van der Waals surface area (Å²) in [5.41, 5.74) is 1.74. The molecule has 4 aliphatic carbocycles. The highest BCUT2D eigenvalue weighted by atomic mass is 32.2. The van der Waals surface area contributed by atoms with Crippen molar-refractivity contribution < 1.29 is 17.6 Å². The van der Waals surface area contributed by atoms with E-state index in [1.807, 2.05) is 24.3 Å². The van der Waals surface area contributed by atoms with Crippen molar-refractivity contribution in [2.75, 3.05) is 23.7 Å². The van der Waals surface area contributed by atoms with Crippen LogP contribution in [-0.2, 0) is 10.0 Å². The second-order valence-electron chi connectivity index (χ2n) is 10.9. The summed E-state index contributed by atoms with van der Waals surface area (Å²) in [5, 5.41) is 6.62. The molecule has 1 amide bonds. The molecule has 0 spiro atoms. The zero-order valence-electron chi connectivity index (χ0n) is 19.5. The molecule has 2 aromatic rings. The first kappa shape index (κ1) is 22.2. The van der Waals surface area contributed by atoms with Gasteiger partial charge in [0.15, 0.2) is 5.76 Å². The Labute approximate surface area is 201 Å². The Hall–Kier alpha value is -2.32. The van der Waals surface area contributed by atoms with Crippen molar-refractivity contribution in [3.8, 4) is 0 Å². The van der Waals surface area contributed by atoms with Crippen LogP contribution in [-0.4, -0.2) is 37.3 Å². The van der Waals surface area contributed by atoms with E-state index in [-0.39, 0.29) is 16.4 Å². The predicted octanol–water partition coefficient (Wildman–Crippen LogP) is 5.09. The fourth-order valence-electron chi connectivity index (χ4n) is 7.25. The van der Waals surface area contributed by atoms with E-state index >= 15 is 0 Å². The summed E-state index contributed by atoms with van der Waals surface area (Å²) in [6.45, 7) is 0.988. The Balaban J connectivity index is 1.18. The van der Waals surface area contributed by atoms with Gasteiger partial charge in [0.25, 0.3) is 15.9 Å². The lowest BCUT2D eigenvalue weighted by Gasteiger charge is -2.57. The van der Waals surface area contributed by atoms with Crippen molar-refractivity contribution in [3.63, 3.8) is 0 Å². The van der Waals surface area contributed by atoms with Gasteiger partial charge in [0.2, 0.25) is 5.09 Å². The number of sulfonamides is 1. The molecule has 5 fully saturated rings. The van der Waals surface area contributed by atoms with Crippen LogP contribution in [0.5, 0.6) is 0 Å². The predicted molar refractivity (Wildman–Crippen MR) is 130 cm³/mol. The number of benzene rings is 1. The number of nitrogens with one attached hydrogen (secondary N) is 2. The number of hydrogen-bond acceptors (Lipinski definition) is 5. The fourth-order valence-corrected chi connectivity index (χ4v) is 8.68. The normalized spacial score (nSPS) is 30.9. The molecule has 0 atom stereocenters. The van der Waals surface area contributed by atoms with E-state index in [1.54, 1.807) is 0 Å². The van der Waals surface area contributed by atoms with E-state index in [4.69, 9.17) is 4.42 Å². The first-order chi connectivity index (χ1) is 16.4. The number of carbonyl (C=O) groups is 1. The molecule has 2 heterocycles. The molecule has 8 heteroatoms. The molecule has 7 rings (SSSR count). The van der Waals surface area contributed by atoms with Crippen LogP contribution in [0.15, 0.2) is 45.9 Å². The lowest BCUT2D eigenvalue weighted by atomic mass is 9.53. The van der Waals surface area contributed by atoms with Gasteiger partial charge in [-0.2, -0.15) is 4.31 Å². The molecule has 2 N–H and O–H groups in total. The van der Waals surface area contributed by atoms with Gasteiger partial charge in [-0.25, -0.2) is 8.42 Å². The quantitative estimate of drug-likeness (QED) is 0.597. The third kappa shape index (κ3) is 4.05. The van der Waals surface area contributed by atoms with Crippen LogP contribution in [0.3, 0.4) is 0 Å². The Bertz CT molecular complexity index is 1150. The third-order valence-corrected chi connectivity index (χ3v) is 10.1. The van der Waals surface area contributed by atoms with Crippen LogP contribution in [0.1, 0.15) is 68.3 Å². The maximum absolute atomic E-state index is 13.0. The topological polar surface area (TPSA) is 91.7 Å². The molecule has 7 nitrogen and oxygen atoms in total. The first-order valence-electron chi connectivity index (χ1n) is 12.7. The molecule has 182 valence electrons. The van der Waals surface area contributed by atoms with E-state index in [0.717, 1.165) is 42.7 Å². The largest absolute Gasteiger partial charge is 0.438 e. The summed E-state index contributed by atoms with van der Waals surface area (Å²) in [5.74, 6) is 2.02. The average Bonchev–Trinajstić information content (AvgIpc) is 3.31. The third-order valence-electron chi connectivity index (χ3n) is 8.33. The van der Waals surface area contributed by atoms with Gasteiger partial charge in [0.1, 0.15) is 0 Å². The molecular formula is C26H33N3O4S. The van der Waals surface area contributed by atoms with Crippen molar-refractivity contribution in [1.29, 1.82) is 0 Å². The highest BCUT2D eigenvalue weighted by Gasteiger charge is 2.51. The number of rotatable bonds is 6. The monoisotopic (exact) mass is 483 g/mol. The van der Waals surface area contributed by atoms with E-state index in [9.17, 15) is 13.2 Å². The number of anilines is 2. The minimum Gasteiger partial charge on any atom is -0.438 e. The smallest absolute Gasteiger partial charge is 0.291 e. The van der Waals surface area contributed by atoms with Crippen LogP contribution >= 0.6 is 0 Å². The van der Waals surface area contributed by atoms with Gasteiger partial charge in [-0.05, 0) is 93.4 Å². The highest BCUT2D eigenvalue weighted by molar-refractivity contribution is 7.89. The van der Waals surface area contributed by atoms with Crippen LogP contribution < -0.4 is 10.6 Å². The molecule has 4 saturated carbocycles. The summed E-state index contributed by atoms with van der Waals surface area (Å²) in [6.07, 6.45) is 10.5. The maximum atomic E-state index is 13.0. The zero-order valence-corrected chi connectivity index (χ0v) is 20.3. The Morgan fingerprint density at radius 3 is 2.15 bits per heavy atom. The summed E-state index contributed by atoms with van der Waals surface area (Å²) < 4.78 is 32.7. The van der Waals surface area contributed by atoms with Crippen molar-refractivity contribution in [1.82, 2.24) is 4.31 Å². The second kappa shape index (κ2) is 8.41. The standard InChI is InChI=1S/C26H33N3O4S/c30-25(23-8-9-24(33-23)34(31,32)29-10-4-1-5-11-29)27-21-6-2-3-7-22(21)28-26-15-18-12-19(16-26)14-20(13-18)17-26/h2-3,6-9,18-20,28H,1,4-5,10-17H2,(H,27,30). The van der Waals surface area contributed by atoms with Crippen molar-refractivity contribution in [2.24, 2.45) is 17.8 Å². The van der Waals surface area contributed by atoms with E-state index in [0.29, 0.717) is 18.8 Å². The minimum atomic E-state index is -3.71. The number of amides is 1. The molecule has 5 aliphatic rings. The zero-order chi connectivity index (χ0) is 23.3. The second-order valence-corrected chi connectivity index (χ2v) is 12.8. The summed E-state index contributed by atoms with van der Waals surface area (Å²) in [6, 6.07) is 10.6. The van der Waals surface area contributed by atoms with Gasteiger partial charge in [-0.15, -0.1) is 0 Å². The number of furan rings is 1. The molecule has 34 heavy (non-hydrogen) atoms. The average molecular weight is 484 g/mol. The van der Waals surface area contributed by atoms with Crippen LogP contribution in [0, 0.1) is 17.8 Å². The van der Waals surface area contributed by atoms with Crippen molar-refractivity contribution in [2.45, 2.75) is 68.4 Å². The van der Waals surface area contributed by atoms with Gasteiger partial charge in [0.05, 0.1) is 11.4 Å². The molecular weight excluding hydrogens is 450 g/mol. The number of para-hydroxylation sites is 2. The van der Waals surface area contributed by atoms with E-state index in [1.165, 1.54) is 55.0 Å². The lowest BCUT2D eigenvalue weighted by Crippen LogP contribution is -2.54. The Morgan fingerprint density at radius 1 is 0.882 bits per heavy atom. The van der Waals surface area contributed by atoms with Crippen LogP contribution in [0.25, 0.3) is 0 Å². The molecule has 1 aromatic heterocycles. The highest BCUT2D eigenvalue weighted by Crippen LogP contribution is 2.56. The summed E-state index contributed by atoms with van der Waals surface area (Å²) >= 11 is 0. The summed E-state index contributed by atoms with van der Waals surface area (Å²) in [7, 11) is -3.71. The Morgan fingerprint density at radius 2 is 1.50 bits per heavy atom. The van der Waals surface area contributed by atoms with Gasteiger partial charge >= 0.3 is 0 Å². The molecule has 1 aliphatic heterocycles. The fraction of sp³-hybridized carbons (Fsp3) is 0.577. The number of nitrogens with zero attached hydrogens (tertiary/aromatic N) is 1. The summed E-state index contributed by atoms with van der Waals surface area (Å²) in [4.78, 5) is 13.0. The lowest BCUT2D eigenvalue weighted by molar-refractivity contribution is 0.0107. The number of hydrogen-bond donors (Lipinski definition) is 2. The van der Waals surface area contributed by atoms with Crippen LogP contribution in [0.4, 0.5) is 11.4 Å². The van der Waals surface area contributed by atoms with Crippen molar-refractivity contribution >= 4 is 27.3 Å². The Kier molecular flexibility index (Phi) is 5.48. The van der Waals surface area contributed by atoms with Gasteiger partial charge < -0.3 is 15.1 Å². The molecule has 1 saturated heterocycles. The molecule has 0 radical (unpaired) electrons. The van der Waals surface area contributed by atoms with E-state index < -0.39 is 15.9 Å². The minimum absolute atomic E-state index is 0.000178. The first-order valence-corrected chi connectivity index (χ1v) is 14.1. The van der Waals surface area contributed by atoms with E-state index in [2.05, 4.69) is 10.6 Å². The maximum Gasteiger partial charge on any atom is 0.291 e. The number of carbonyl (C=O) groups excluding carboxylic acids is 1. The van der Waals surface area contributed by atoms with Crippen molar-refractivity contribution in [3.05, 3.63) is 42.2 Å². The molecule has 1 aromatic carbocycles. The molecule has 4 bridgehead atoms. The van der Waals surface area contributed by atoms with Gasteiger partial charge in [-0.3, -0.25) is 4.79 Å². The van der Waals surface area contributed by atoms with Crippen LogP contribution in [0.2, 0.25) is 0 Å². The SMILES string of the molecule is O=C(Nc1ccccc1NC12CC3CC(CC(C3)C1)C2)c1ccc(S(=O)(=O)N2CCCCC2)o1. The van der Waals surface area contributed by atoms with Gasteiger partial charge in [0, 0.05) is 18.6 Å². The molecule has 0 unspecified atom stereocenters. The number of piperidine rings is 1.